The highest BCUT2D eigenvalue weighted by Crippen LogP contribution is 2.35. The Hall–Kier alpha value is -1.97. The van der Waals surface area contributed by atoms with Crippen molar-refractivity contribution in [2.24, 2.45) is 0 Å². The number of benzene rings is 1. The zero-order chi connectivity index (χ0) is 19.0. The number of aryl methyl sites for hydroxylation is 2. The van der Waals surface area contributed by atoms with Crippen LogP contribution in [0.3, 0.4) is 0 Å². The molecule has 1 aliphatic rings. The van der Waals surface area contributed by atoms with Crippen molar-refractivity contribution in [1.82, 2.24) is 15.3 Å². The summed E-state index contributed by atoms with van der Waals surface area (Å²) in [5.74, 6) is -0.911. The Balaban J connectivity index is 1.42. The summed E-state index contributed by atoms with van der Waals surface area (Å²) in [6, 6.07) is 6.72. The molecule has 0 saturated carbocycles. The number of aromatic nitrogens is 2. The van der Waals surface area contributed by atoms with Crippen molar-refractivity contribution in [3.63, 3.8) is 0 Å². The smallest absolute Gasteiger partial charge is 0.260 e. The number of hydrogen-bond acceptors (Lipinski definition) is 6. The van der Waals surface area contributed by atoms with E-state index in [1.54, 1.807) is 35.6 Å². The average molecular weight is 464 g/mol. The fourth-order valence-electron chi connectivity index (χ4n) is 3.02. The Kier molecular flexibility index (Phi) is 5.16. The van der Waals surface area contributed by atoms with Gasteiger partial charge in [-0.15, -0.1) is 11.3 Å². The lowest BCUT2D eigenvalue weighted by Gasteiger charge is -2.04. The Morgan fingerprint density at radius 1 is 1.26 bits per heavy atom. The minimum atomic E-state index is -0.459. The number of imide groups is 1. The molecule has 6 nitrogen and oxygen atoms in total. The molecule has 2 aromatic heterocycles. The number of halogens is 1. The molecule has 2 amide bonds. The molecule has 1 aromatic carbocycles. The largest absolute Gasteiger partial charge is 0.301 e. The predicted octanol–water partition coefficient (Wildman–Crippen LogP) is 3.28. The van der Waals surface area contributed by atoms with Gasteiger partial charge >= 0.3 is 0 Å². The molecular formula is C18H14BrN3O3S2. The lowest BCUT2D eigenvalue weighted by molar-refractivity contribution is -0.117. The lowest BCUT2D eigenvalue weighted by Crippen LogP contribution is -2.31. The van der Waals surface area contributed by atoms with Gasteiger partial charge in [-0.2, -0.15) is 0 Å². The van der Waals surface area contributed by atoms with Gasteiger partial charge in [0.2, 0.25) is 5.91 Å². The number of rotatable bonds is 4. The van der Waals surface area contributed by atoms with E-state index in [1.165, 1.54) is 4.88 Å². The number of carbonyl (C=O) groups excluding carboxylic acids is 2. The van der Waals surface area contributed by atoms with Gasteiger partial charge in [0.25, 0.3) is 11.5 Å². The third-order valence-corrected chi connectivity index (χ3v) is 6.84. The van der Waals surface area contributed by atoms with Gasteiger partial charge in [-0.3, -0.25) is 19.7 Å². The summed E-state index contributed by atoms with van der Waals surface area (Å²) in [7, 11) is 0. The van der Waals surface area contributed by atoms with E-state index in [0.29, 0.717) is 16.1 Å². The van der Waals surface area contributed by atoms with Crippen LogP contribution >= 0.6 is 39.0 Å². The highest BCUT2D eigenvalue weighted by atomic mass is 79.9. The quantitative estimate of drug-likeness (QED) is 0.457. The first-order valence-electron chi connectivity index (χ1n) is 8.28. The molecule has 4 rings (SSSR count). The normalized spacial score (nSPS) is 12.9. The van der Waals surface area contributed by atoms with Gasteiger partial charge in [0, 0.05) is 14.9 Å². The number of aromatic amines is 1. The van der Waals surface area contributed by atoms with Crippen LogP contribution in [-0.4, -0.2) is 27.5 Å². The molecular weight excluding hydrogens is 450 g/mol. The molecule has 138 valence electrons. The molecule has 0 radical (unpaired) electrons. The zero-order valence-corrected chi connectivity index (χ0v) is 17.2. The zero-order valence-electron chi connectivity index (χ0n) is 14.0. The molecule has 0 atom stereocenters. The number of hydrogen-bond donors (Lipinski definition) is 2. The average Bonchev–Trinajstić information content (AvgIpc) is 3.21. The van der Waals surface area contributed by atoms with Gasteiger partial charge in [0.05, 0.1) is 11.1 Å². The number of thiophene rings is 1. The molecule has 2 N–H and O–H groups in total. The van der Waals surface area contributed by atoms with Gasteiger partial charge < -0.3 is 4.98 Å². The van der Waals surface area contributed by atoms with Crippen LogP contribution in [0.4, 0.5) is 0 Å². The molecule has 0 fully saturated rings. The maximum atomic E-state index is 12.4. The topological polar surface area (TPSA) is 91.9 Å². The van der Waals surface area contributed by atoms with Gasteiger partial charge in [-0.25, -0.2) is 4.98 Å². The number of amides is 2. The monoisotopic (exact) mass is 463 g/mol. The Labute approximate surface area is 170 Å². The molecule has 3 aromatic rings. The van der Waals surface area contributed by atoms with Crippen molar-refractivity contribution in [3.8, 4) is 0 Å². The molecule has 0 aliphatic heterocycles. The summed E-state index contributed by atoms with van der Waals surface area (Å²) in [4.78, 5) is 45.7. The Morgan fingerprint density at radius 2 is 2.04 bits per heavy atom. The number of nitrogens with zero attached hydrogens (tertiary/aromatic N) is 1. The number of thioether (sulfide) groups is 1. The first-order valence-corrected chi connectivity index (χ1v) is 10.9. The van der Waals surface area contributed by atoms with E-state index in [0.717, 1.165) is 45.9 Å². The first kappa shape index (κ1) is 18.4. The number of fused-ring (bicyclic) bond motifs is 3. The van der Waals surface area contributed by atoms with Crippen molar-refractivity contribution in [3.05, 3.63) is 55.1 Å². The van der Waals surface area contributed by atoms with E-state index in [9.17, 15) is 14.4 Å². The lowest BCUT2D eigenvalue weighted by atomic mass is 10.2. The van der Waals surface area contributed by atoms with Crippen molar-refractivity contribution in [1.29, 1.82) is 0 Å². The summed E-state index contributed by atoms with van der Waals surface area (Å²) < 4.78 is 0.853. The SMILES string of the molecule is O=C(CSc1nc2sc3c(c2c(=O)[nH]1)CCC3)NC(=O)c1ccc(Br)cc1. The minimum absolute atomic E-state index is 0.0121. The first-order chi connectivity index (χ1) is 13.0. The second-order valence-corrected chi connectivity index (χ2v) is 9.04. The number of carbonyl (C=O) groups is 2. The van der Waals surface area contributed by atoms with E-state index in [2.05, 4.69) is 31.2 Å². The summed E-state index contributed by atoms with van der Waals surface area (Å²) >= 11 is 5.96. The third kappa shape index (κ3) is 3.85. The van der Waals surface area contributed by atoms with E-state index in [1.807, 2.05) is 0 Å². The summed E-state index contributed by atoms with van der Waals surface area (Å²) in [5.41, 5.74) is 1.36. The second kappa shape index (κ2) is 7.57. The number of nitrogens with one attached hydrogen (secondary N) is 2. The molecule has 0 saturated heterocycles. The third-order valence-electron chi connectivity index (χ3n) is 4.25. The van der Waals surface area contributed by atoms with Crippen molar-refractivity contribution < 1.29 is 9.59 Å². The Bertz CT molecular complexity index is 1110. The van der Waals surface area contributed by atoms with E-state index >= 15 is 0 Å². The number of H-pyrrole nitrogens is 1. The van der Waals surface area contributed by atoms with Crippen LogP contribution in [0.1, 0.15) is 27.2 Å². The van der Waals surface area contributed by atoms with Gasteiger partial charge in [-0.05, 0) is 49.1 Å². The van der Waals surface area contributed by atoms with Gasteiger partial charge in [0.1, 0.15) is 4.83 Å². The molecule has 0 spiro atoms. The van der Waals surface area contributed by atoms with Crippen LogP contribution in [0, 0.1) is 0 Å². The van der Waals surface area contributed by atoms with E-state index in [4.69, 9.17) is 0 Å². The van der Waals surface area contributed by atoms with Crippen molar-refractivity contribution in [2.75, 3.05) is 5.75 Å². The van der Waals surface area contributed by atoms with Crippen LogP contribution in [0.5, 0.6) is 0 Å². The maximum Gasteiger partial charge on any atom is 0.260 e. The highest BCUT2D eigenvalue weighted by Gasteiger charge is 2.21. The van der Waals surface area contributed by atoms with Crippen LogP contribution < -0.4 is 10.9 Å². The van der Waals surface area contributed by atoms with Crippen LogP contribution in [0.15, 0.2) is 38.7 Å². The molecule has 0 bridgehead atoms. The van der Waals surface area contributed by atoms with E-state index < -0.39 is 11.8 Å². The Morgan fingerprint density at radius 3 is 2.81 bits per heavy atom. The predicted molar refractivity (Wildman–Crippen MR) is 110 cm³/mol. The highest BCUT2D eigenvalue weighted by molar-refractivity contribution is 9.10. The summed E-state index contributed by atoms with van der Waals surface area (Å²) in [6.07, 6.45) is 3.01. The minimum Gasteiger partial charge on any atom is -0.301 e. The van der Waals surface area contributed by atoms with Crippen molar-refractivity contribution >= 4 is 61.1 Å². The molecule has 1 aliphatic carbocycles. The van der Waals surface area contributed by atoms with Crippen molar-refractivity contribution in [2.45, 2.75) is 24.4 Å². The van der Waals surface area contributed by atoms with Gasteiger partial charge in [-0.1, -0.05) is 27.7 Å². The molecule has 27 heavy (non-hydrogen) atoms. The molecule has 0 unspecified atom stereocenters. The standard InChI is InChI=1S/C18H14BrN3O3S2/c19-10-6-4-9(5-7-10)15(24)20-13(23)8-26-18-21-16(25)14-11-2-1-3-12(11)27-17(14)22-18/h4-7H,1-3,8H2,(H,20,23,24)(H,21,22,25). The second-order valence-electron chi connectivity index (χ2n) is 6.08. The van der Waals surface area contributed by atoms with Gasteiger partial charge in [0.15, 0.2) is 5.16 Å². The summed E-state index contributed by atoms with van der Waals surface area (Å²) in [6.45, 7) is 0. The summed E-state index contributed by atoms with van der Waals surface area (Å²) in [5, 5.41) is 3.41. The van der Waals surface area contributed by atoms with E-state index in [-0.39, 0.29) is 11.3 Å². The fraction of sp³-hybridized carbons (Fsp3) is 0.222. The van der Waals surface area contributed by atoms with Crippen LogP contribution in [0.25, 0.3) is 10.2 Å². The van der Waals surface area contributed by atoms with Crippen LogP contribution in [-0.2, 0) is 17.6 Å². The molecule has 9 heteroatoms. The van der Waals surface area contributed by atoms with Crippen LogP contribution in [0.2, 0.25) is 0 Å². The maximum absolute atomic E-state index is 12.4. The fourth-order valence-corrected chi connectivity index (χ4v) is 5.27. The molecule has 2 heterocycles.